The molecule has 0 aliphatic carbocycles. The van der Waals surface area contributed by atoms with Gasteiger partial charge in [0.15, 0.2) is 0 Å². The molecular formula is C19H17Cl2F3N4O2. The smallest absolute Gasteiger partial charge is 0.352 e. The van der Waals surface area contributed by atoms with Gasteiger partial charge in [-0.1, -0.05) is 35.3 Å². The average molecular weight is 461 g/mol. The van der Waals surface area contributed by atoms with E-state index in [0.717, 1.165) is 12.3 Å². The molecule has 3 rings (SSSR count). The van der Waals surface area contributed by atoms with Crippen molar-refractivity contribution in [3.05, 3.63) is 57.7 Å². The molecule has 6 nitrogen and oxygen atoms in total. The second kappa shape index (κ2) is 9.09. The van der Waals surface area contributed by atoms with Crippen molar-refractivity contribution < 1.29 is 22.8 Å². The largest absolute Gasteiger partial charge is 0.417 e. The Balaban J connectivity index is 1.53. The zero-order valence-electron chi connectivity index (χ0n) is 15.5. The Hall–Kier alpha value is -2.52. The normalized spacial score (nSPS) is 14.6. The van der Waals surface area contributed by atoms with Gasteiger partial charge in [-0.2, -0.15) is 13.2 Å². The molecule has 0 unspecified atom stereocenters. The summed E-state index contributed by atoms with van der Waals surface area (Å²) in [6.07, 6.45) is -3.78. The van der Waals surface area contributed by atoms with Gasteiger partial charge in [0.25, 0.3) is 5.91 Å². The number of alkyl halides is 3. The summed E-state index contributed by atoms with van der Waals surface area (Å²) in [6.45, 7) is 1.15. The van der Waals surface area contributed by atoms with E-state index in [9.17, 15) is 22.8 Å². The molecule has 1 fully saturated rings. The summed E-state index contributed by atoms with van der Waals surface area (Å²) in [5.41, 5.74) is -0.640. The number of carbonyl (C=O) groups is 2. The highest BCUT2D eigenvalue weighted by atomic mass is 35.5. The Morgan fingerprint density at radius 2 is 1.73 bits per heavy atom. The number of pyridine rings is 1. The molecule has 160 valence electrons. The lowest BCUT2D eigenvalue weighted by Crippen LogP contribution is -2.51. The van der Waals surface area contributed by atoms with Crippen LogP contribution in [0.2, 0.25) is 10.0 Å². The SMILES string of the molecule is O=C(NCC(=O)N1CCN(c2ncc(C(F)(F)F)cc2Cl)CC1)c1ccccc1Cl. The van der Waals surface area contributed by atoms with Crippen molar-refractivity contribution in [3.63, 3.8) is 0 Å². The molecule has 0 radical (unpaired) electrons. The summed E-state index contributed by atoms with van der Waals surface area (Å²) in [5.74, 6) is -0.487. The van der Waals surface area contributed by atoms with Gasteiger partial charge >= 0.3 is 6.18 Å². The molecule has 1 aromatic heterocycles. The van der Waals surface area contributed by atoms with E-state index in [-0.39, 0.29) is 33.9 Å². The Bertz CT molecular complexity index is 948. The second-order valence-electron chi connectivity index (χ2n) is 6.56. The van der Waals surface area contributed by atoms with E-state index >= 15 is 0 Å². The quantitative estimate of drug-likeness (QED) is 0.758. The highest BCUT2D eigenvalue weighted by molar-refractivity contribution is 6.34. The summed E-state index contributed by atoms with van der Waals surface area (Å²) in [5, 5.41) is 2.73. The van der Waals surface area contributed by atoms with E-state index in [4.69, 9.17) is 23.2 Å². The molecule has 1 aliphatic rings. The van der Waals surface area contributed by atoms with E-state index in [2.05, 4.69) is 10.3 Å². The van der Waals surface area contributed by atoms with Crippen molar-refractivity contribution in [2.45, 2.75) is 6.18 Å². The summed E-state index contributed by atoms with van der Waals surface area (Å²) in [4.78, 5) is 31.6. The highest BCUT2D eigenvalue weighted by Gasteiger charge is 2.32. The third-order valence-electron chi connectivity index (χ3n) is 4.60. The Morgan fingerprint density at radius 3 is 2.33 bits per heavy atom. The highest BCUT2D eigenvalue weighted by Crippen LogP contribution is 2.33. The minimum Gasteiger partial charge on any atom is -0.352 e. The van der Waals surface area contributed by atoms with Crippen LogP contribution < -0.4 is 10.2 Å². The third-order valence-corrected chi connectivity index (χ3v) is 5.21. The summed E-state index contributed by atoms with van der Waals surface area (Å²) in [7, 11) is 0. The maximum atomic E-state index is 12.7. The summed E-state index contributed by atoms with van der Waals surface area (Å²) >= 11 is 11.9. The van der Waals surface area contributed by atoms with Crippen LogP contribution >= 0.6 is 23.2 Å². The predicted octanol–water partition coefficient (Wildman–Crippen LogP) is 3.49. The van der Waals surface area contributed by atoms with E-state index in [1.165, 1.54) is 0 Å². The van der Waals surface area contributed by atoms with Crippen molar-refractivity contribution in [2.24, 2.45) is 0 Å². The fourth-order valence-electron chi connectivity index (χ4n) is 2.99. The van der Waals surface area contributed by atoms with Crippen LogP contribution in [0, 0.1) is 0 Å². The number of carbonyl (C=O) groups excluding carboxylic acids is 2. The first-order chi connectivity index (χ1) is 14.2. The molecule has 11 heteroatoms. The minimum atomic E-state index is -4.52. The molecule has 1 N–H and O–H groups in total. The zero-order chi connectivity index (χ0) is 21.9. The molecule has 1 aromatic carbocycles. The number of aromatic nitrogens is 1. The van der Waals surface area contributed by atoms with Gasteiger partial charge in [-0.05, 0) is 18.2 Å². The Kier molecular flexibility index (Phi) is 6.72. The first-order valence-corrected chi connectivity index (χ1v) is 9.70. The van der Waals surface area contributed by atoms with Crippen molar-refractivity contribution in [1.82, 2.24) is 15.2 Å². The zero-order valence-corrected chi connectivity index (χ0v) is 17.1. The molecule has 2 amide bonds. The van der Waals surface area contributed by atoms with E-state index in [1.807, 2.05) is 0 Å². The molecule has 1 saturated heterocycles. The maximum absolute atomic E-state index is 12.7. The van der Waals surface area contributed by atoms with E-state index in [0.29, 0.717) is 26.2 Å². The molecule has 0 atom stereocenters. The van der Waals surface area contributed by atoms with Crippen LogP contribution in [0.5, 0.6) is 0 Å². The van der Waals surface area contributed by atoms with Crippen LogP contribution in [0.1, 0.15) is 15.9 Å². The van der Waals surface area contributed by atoms with Crippen molar-refractivity contribution in [3.8, 4) is 0 Å². The van der Waals surface area contributed by atoms with Gasteiger partial charge in [0, 0.05) is 32.4 Å². The third kappa shape index (κ3) is 5.14. The molecule has 0 spiro atoms. The lowest BCUT2D eigenvalue weighted by Gasteiger charge is -2.35. The van der Waals surface area contributed by atoms with Gasteiger partial charge in [-0.15, -0.1) is 0 Å². The van der Waals surface area contributed by atoms with Crippen molar-refractivity contribution in [1.29, 1.82) is 0 Å². The lowest BCUT2D eigenvalue weighted by atomic mass is 10.2. The van der Waals surface area contributed by atoms with Gasteiger partial charge in [-0.25, -0.2) is 4.98 Å². The number of nitrogens with zero attached hydrogens (tertiary/aromatic N) is 3. The number of anilines is 1. The number of nitrogens with one attached hydrogen (secondary N) is 1. The predicted molar refractivity (Wildman–Crippen MR) is 107 cm³/mol. The second-order valence-corrected chi connectivity index (χ2v) is 7.37. The van der Waals surface area contributed by atoms with Crippen LogP contribution in [-0.2, 0) is 11.0 Å². The monoisotopic (exact) mass is 460 g/mol. The molecule has 0 saturated carbocycles. The Labute approximate surface area is 180 Å². The first-order valence-electron chi connectivity index (χ1n) is 8.95. The van der Waals surface area contributed by atoms with Crippen LogP contribution in [-0.4, -0.2) is 54.4 Å². The Morgan fingerprint density at radius 1 is 1.07 bits per heavy atom. The standard InChI is InChI=1S/C19H17Cl2F3N4O2/c20-14-4-2-1-3-13(14)18(30)26-11-16(29)27-5-7-28(8-6-27)17-15(21)9-12(10-25-17)19(22,23)24/h1-4,9-10H,5-8,11H2,(H,26,30). The van der Waals surface area contributed by atoms with Crippen LogP contribution in [0.15, 0.2) is 36.5 Å². The number of piperazine rings is 1. The van der Waals surface area contributed by atoms with Crippen molar-refractivity contribution >= 4 is 40.8 Å². The maximum Gasteiger partial charge on any atom is 0.417 e. The van der Waals surface area contributed by atoms with Gasteiger partial charge in [0.1, 0.15) is 5.82 Å². The number of hydrogen-bond donors (Lipinski definition) is 1. The first kappa shape index (κ1) is 22.2. The number of benzene rings is 1. The molecular weight excluding hydrogens is 444 g/mol. The topological polar surface area (TPSA) is 65.5 Å². The fourth-order valence-corrected chi connectivity index (χ4v) is 3.50. The van der Waals surface area contributed by atoms with Gasteiger partial charge in [0.05, 0.1) is 27.7 Å². The molecule has 2 heterocycles. The number of amides is 2. The van der Waals surface area contributed by atoms with E-state index in [1.54, 1.807) is 34.1 Å². The summed E-state index contributed by atoms with van der Waals surface area (Å²) in [6, 6.07) is 7.34. The van der Waals surface area contributed by atoms with Gasteiger partial charge in [0.2, 0.25) is 5.91 Å². The minimum absolute atomic E-state index is 0.100. The van der Waals surface area contributed by atoms with Gasteiger partial charge in [-0.3, -0.25) is 9.59 Å². The van der Waals surface area contributed by atoms with Crippen LogP contribution in [0.25, 0.3) is 0 Å². The van der Waals surface area contributed by atoms with Gasteiger partial charge < -0.3 is 15.1 Å². The fraction of sp³-hybridized carbons (Fsp3) is 0.316. The molecule has 1 aliphatic heterocycles. The molecule has 2 aromatic rings. The molecule has 30 heavy (non-hydrogen) atoms. The van der Waals surface area contributed by atoms with Crippen LogP contribution in [0.4, 0.5) is 19.0 Å². The van der Waals surface area contributed by atoms with E-state index < -0.39 is 17.6 Å². The lowest BCUT2D eigenvalue weighted by molar-refractivity contribution is -0.137. The summed E-state index contributed by atoms with van der Waals surface area (Å²) < 4.78 is 38.2. The molecule has 0 bridgehead atoms. The van der Waals surface area contributed by atoms with Crippen LogP contribution in [0.3, 0.4) is 0 Å². The number of halogens is 5. The number of hydrogen-bond acceptors (Lipinski definition) is 4. The number of rotatable bonds is 4. The van der Waals surface area contributed by atoms with Crippen molar-refractivity contribution in [2.75, 3.05) is 37.6 Å². The average Bonchev–Trinajstić information content (AvgIpc) is 2.71.